The molecule has 0 aromatic heterocycles. The molecule has 1 N–H and O–H groups in total. The van der Waals surface area contributed by atoms with Gasteiger partial charge in [0.15, 0.2) is 11.5 Å². The van der Waals surface area contributed by atoms with Crippen molar-refractivity contribution in [1.29, 1.82) is 0 Å². The van der Waals surface area contributed by atoms with Crippen LogP contribution >= 0.6 is 23.4 Å². The minimum Gasteiger partial charge on any atom is -0.493 e. The maximum Gasteiger partial charge on any atom is 0.225 e. The largest absolute Gasteiger partial charge is 0.493 e. The van der Waals surface area contributed by atoms with Gasteiger partial charge in [-0.2, -0.15) is 0 Å². The second-order valence-corrected chi connectivity index (χ2v) is 6.62. The van der Waals surface area contributed by atoms with Gasteiger partial charge in [-0.25, -0.2) is 0 Å². The Labute approximate surface area is 156 Å². The van der Waals surface area contributed by atoms with Crippen LogP contribution in [0.4, 0.5) is 5.69 Å². The molecule has 134 valence electrons. The highest BCUT2D eigenvalue weighted by Gasteiger charge is 2.14. The molecule has 2 rings (SSSR count). The molecule has 0 fully saturated rings. The molecule has 0 saturated heterocycles. The lowest BCUT2D eigenvalue weighted by atomic mass is 10.2. The molecule has 0 aliphatic heterocycles. The van der Waals surface area contributed by atoms with E-state index in [2.05, 4.69) is 5.32 Å². The van der Waals surface area contributed by atoms with Gasteiger partial charge in [-0.3, -0.25) is 4.79 Å². The van der Waals surface area contributed by atoms with E-state index in [-0.39, 0.29) is 5.91 Å². The summed E-state index contributed by atoms with van der Waals surface area (Å²) in [5.74, 6) is 2.05. The van der Waals surface area contributed by atoms with Crippen LogP contribution in [0.5, 0.6) is 17.2 Å². The topological polar surface area (TPSA) is 56.8 Å². The first-order valence-electron chi connectivity index (χ1n) is 7.55. The summed E-state index contributed by atoms with van der Waals surface area (Å²) in [6, 6.07) is 10.9. The Bertz CT molecular complexity index is 697. The Morgan fingerprint density at radius 3 is 2.16 bits per heavy atom. The van der Waals surface area contributed by atoms with Gasteiger partial charge in [0.05, 0.1) is 21.3 Å². The number of amides is 1. The van der Waals surface area contributed by atoms with Gasteiger partial charge in [0.1, 0.15) is 0 Å². The van der Waals surface area contributed by atoms with Crippen molar-refractivity contribution in [2.75, 3.05) is 32.4 Å². The van der Waals surface area contributed by atoms with Crippen LogP contribution in [0, 0.1) is 0 Å². The molecule has 0 atom stereocenters. The number of carbonyl (C=O) groups is 1. The maximum atomic E-state index is 12.2. The summed E-state index contributed by atoms with van der Waals surface area (Å²) >= 11 is 7.46. The first-order valence-corrected chi connectivity index (χ1v) is 8.92. The summed E-state index contributed by atoms with van der Waals surface area (Å²) in [6.45, 7) is 0. The van der Waals surface area contributed by atoms with E-state index in [1.165, 1.54) is 21.3 Å². The van der Waals surface area contributed by atoms with Crippen LogP contribution in [-0.2, 0) is 4.79 Å². The van der Waals surface area contributed by atoms with Crippen molar-refractivity contribution in [3.8, 4) is 17.2 Å². The molecule has 0 aliphatic rings. The summed E-state index contributed by atoms with van der Waals surface area (Å²) in [5, 5.41) is 3.55. The van der Waals surface area contributed by atoms with Gasteiger partial charge in [-0.05, 0) is 24.3 Å². The lowest BCUT2D eigenvalue weighted by Gasteiger charge is -2.14. The van der Waals surface area contributed by atoms with Gasteiger partial charge in [-0.15, -0.1) is 11.8 Å². The van der Waals surface area contributed by atoms with Crippen molar-refractivity contribution in [2.45, 2.75) is 11.3 Å². The van der Waals surface area contributed by atoms with E-state index >= 15 is 0 Å². The van der Waals surface area contributed by atoms with E-state index in [0.29, 0.717) is 40.1 Å². The molecule has 0 aliphatic carbocycles. The smallest absolute Gasteiger partial charge is 0.225 e. The van der Waals surface area contributed by atoms with Crippen molar-refractivity contribution < 1.29 is 19.0 Å². The minimum absolute atomic E-state index is 0.0873. The monoisotopic (exact) mass is 381 g/mol. The number of carbonyl (C=O) groups excluding carboxylic acids is 1. The van der Waals surface area contributed by atoms with Gasteiger partial charge >= 0.3 is 0 Å². The van der Waals surface area contributed by atoms with Crippen molar-refractivity contribution in [2.24, 2.45) is 0 Å². The van der Waals surface area contributed by atoms with Gasteiger partial charge in [0.25, 0.3) is 0 Å². The molecule has 2 aromatic carbocycles. The average molecular weight is 382 g/mol. The van der Waals surface area contributed by atoms with Crippen LogP contribution in [0.15, 0.2) is 41.3 Å². The molecule has 0 spiro atoms. The van der Waals surface area contributed by atoms with Crippen LogP contribution < -0.4 is 19.5 Å². The molecule has 5 nitrogen and oxygen atoms in total. The third kappa shape index (κ3) is 5.47. The number of halogens is 1. The van der Waals surface area contributed by atoms with Crippen molar-refractivity contribution >= 4 is 35.0 Å². The number of methoxy groups -OCH3 is 3. The zero-order chi connectivity index (χ0) is 18.2. The summed E-state index contributed by atoms with van der Waals surface area (Å²) in [6.07, 6.45) is 0.379. The summed E-state index contributed by atoms with van der Waals surface area (Å²) in [7, 11) is 4.60. The van der Waals surface area contributed by atoms with E-state index in [1.807, 2.05) is 24.3 Å². The molecule has 25 heavy (non-hydrogen) atoms. The molecule has 0 heterocycles. The third-order valence-corrected chi connectivity index (χ3v) is 4.63. The molecular weight excluding hydrogens is 362 g/mol. The van der Waals surface area contributed by atoms with Crippen molar-refractivity contribution in [3.63, 3.8) is 0 Å². The van der Waals surface area contributed by atoms with Crippen LogP contribution in [0.1, 0.15) is 6.42 Å². The van der Waals surface area contributed by atoms with E-state index in [4.69, 9.17) is 25.8 Å². The van der Waals surface area contributed by atoms with Gasteiger partial charge in [0.2, 0.25) is 11.7 Å². The predicted molar refractivity (Wildman–Crippen MR) is 102 cm³/mol. The van der Waals surface area contributed by atoms with Gasteiger partial charge in [0, 0.05) is 39.9 Å². The van der Waals surface area contributed by atoms with E-state index in [1.54, 1.807) is 23.9 Å². The molecule has 0 saturated carbocycles. The minimum atomic E-state index is -0.0873. The van der Waals surface area contributed by atoms with E-state index < -0.39 is 0 Å². The molecule has 2 aromatic rings. The molecule has 0 bridgehead atoms. The number of benzene rings is 2. The molecule has 1 amide bonds. The summed E-state index contributed by atoms with van der Waals surface area (Å²) < 4.78 is 15.8. The maximum absolute atomic E-state index is 12.2. The fraction of sp³-hybridized carbons (Fsp3) is 0.278. The fourth-order valence-corrected chi connectivity index (χ4v) is 3.15. The SMILES string of the molecule is COc1cc(NC(=O)CCSc2ccc(Cl)cc2)cc(OC)c1OC. The zero-order valence-electron chi connectivity index (χ0n) is 14.3. The van der Waals surface area contributed by atoms with Gasteiger partial charge < -0.3 is 19.5 Å². The molecule has 0 unspecified atom stereocenters. The van der Waals surface area contributed by atoms with Crippen molar-refractivity contribution in [3.05, 3.63) is 41.4 Å². The predicted octanol–water partition coefficient (Wildman–Crippen LogP) is 4.49. The summed E-state index contributed by atoms with van der Waals surface area (Å²) in [4.78, 5) is 13.2. The zero-order valence-corrected chi connectivity index (χ0v) is 15.9. The molecule has 7 heteroatoms. The normalized spacial score (nSPS) is 10.2. The molecular formula is C18H20ClNO4S. The Hall–Kier alpha value is -2.05. The second kappa shape index (κ2) is 9.44. The fourth-order valence-electron chi connectivity index (χ4n) is 2.17. The lowest BCUT2D eigenvalue weighted by Crippen LogP contribution is -2.12. The molecule has 0 radical (unpaired) electrons. The van der Waals surface area contributed by atoms with E-state index in [9.17, 15) is 4.79 Å². The third-order valence-electron chi connectivity index (χ3n) is 3.36. The highest BCUT2D eigenvalue weighted by atomic mass is 35.5. The number of hydrogen-bond acceptors (Lipinski definition) is 5. The van der Waals surface area contributed by atoms with Crippen LogP contribution in [-0.4, -0.2) is 33.0 Å². The van der Waals surface area contributed by atoms with Crippen LogP contribution in [0.2, 0.25) is 5.02 Å². The first kappa shape index (κ1) is 19.3. The standard InChI is InChI=1S/C18H20ClNO4S/c1-22-15-10-13(11-16(23-2)18(15)24-3)20-17(21)8-9-25-14-6-4-12(19)5-7-14/h4-7,10-11H,8-9H2,1-3H3,(H,20,21). The second-order valence-electron chi connectivity index (χ2n) is 5.01. The summed E-state index contributed by atoms with van der Waals surface area (Å²) in [5.41, 5.74) is 0.594. The number of anilines is 1. The van der Waals surface area contributed by atoms with Crippen LogP contribution in [0.3, 0.4) is 0 Å². The Kier molecular flexibility index (Phi) is 7.28. The first-order chi connectivity index (χ1) is 12.1. The Morgan fingerprint density at radius 1 is 1.04 bits per heavy atom. The quantitative estimate of drug-likeness (QED) is 0.683. The number of rotatable bonds is 8. The number of nitrogens with one attached hydrogen (secondary N) is 1. The van der Waals surface area contributed by atoms with Crippen LogP contribution in [0.25, 0.3) is 0 Å². The number of ether oxygens (including phenoxy) is 3. The lowest BCUT2D eigenvalue weighted by molar-refractivity contribution is -0.115. The highest BCUT2D eigenvalue weighted by molar-refractivity contribution is 7.99. The number of thioether (sulfide) groups is 1. The van der Waals surface area contributed by atoms with E-state index in [0.717, 1.165) is 4.90 Å². The Morgan fingerprint density at radius 2 is 1.64 bits per heavy atom. The van der Waals surface area contributed by atoms with Crippen molar-refractivity contribution in [1.82, 2.24) is 0 Å². The number of hydrogen-bond donors (Lipinski definition) is 1. The van der Waals surface area contributed by atoms with Gasteiger partial charge in [-0.1, -0.05) is 11.6 Å². The highest BCUT2D eigenvalue weighted by Crippen LogP contribution is 2.39. The Balaban J connectivity index is 1.94. The average Bonchev–Trinajstić information content (AvgIpc) is 2.62.